The van der Waals surface area contributed by atoms with Gasteiger partial charge in [0.05, 0.1) is 23.6 Å². The Morgan fingerprint density at radius 3 is 1.74 bits per heavy atom. The van der Waals surface area contributed by atoms with Crippen molar-refractivity contribution in [2.45, 2.75) is 39.3 Å². The van der Waals surface area contributed by atoms with Crippen molar-refractivity contribution in [3.05, 3.63) is 285 Å². The second-order valence-electron chi connectivity index (χ2n) is 23.9. The Hall–Kier alpha value is -9.24. The van der Waals surface area contributed by atoms with Gasteiger partial charge < -0.3 is 13.9 Å². The normalized spacial score (nSPS) is 13.8. The van der Waals surface area contributed by atoms with E-state index in [1.165, 1.54) is 10.8 Å². The summed E-state index contributed by atoms with van der Waals surface area (Å²) in [5.41, 5.74) is 12.5. The number of fused-ring (bicyclic) bond motifs is 12. The van der Waals surface area contributed by atoms with Gasteiger partial charge in [0.1, 0.15) is 5.82 Å². The topological polar surface area (TPSA) is 35.9 Å². The van der Waals surface area contributed by atoms with Crippen molar-refractivity contribution in [3.63, 3.8) is 0 Å². The third kappa shape index (κ3) is 8.20. The van der Waals surface area contributed by atoms with Gasteiger partial charge in [-0.3, -0.25) is 4.57 Å². The minimum Gasteiger partial charge on any atom is -0.510 e. The molecule has 14 aromatic rings. The first kappa shape index (κ1) is 48.0. The van der Waals surface area contributed by atoms with Gasteiger partial charge in [0, 0.05) is 52.4 Å². The van der Waals surface area contributed by atoms with Crippen LogP contribution in [-0.2, 0) is 26.5 Å². The van der Waals surface area contributed by atoms with Crippen LogP contribution in [0.15, 0.2) is 261 Å². The van der Waals surface area contributed by atoms with Crippen LogP contribution in [-0.4, -0.2) is 30.3 Å². The molecule has 0 saturated heterocycles. The van der Waals surface area contributed by atoms with Gasteiger partial charge in [0.15, 0.2) is 8.07 Å². The fourth-order valence-electron chi connectivity index (χ4n) is 13.8. The average molecular weight is 1320 g/mol. The summed E-state index contributed by atoms with van der Waals surface area (Å²) in [6, 6.07) is 84.8. The minimum atomic E-state index is -3.42. The van der Waals surface area contributed by atoms with Crippen molar-refractivity contribution >= 4 is 80.1 Å². The number of hydrogen-bond acceptors (Lipinski definition) is 2. The number of benzene rings is 11. The Morgan fingerprint density at radius 2 is 1.09 bits per heavy atom. The summed E-state index contributed by atoms with van der Waals surface area (Å²) >= 11 is 0. The molecule has 8 heteroatoms. The fraction of sp³-hybridized carbons (Fsp3) is 0.0769. The van der Waals surface area contributed by atoms with E-state index >= 15 is 0 Å². The quantitative estimate of drug-likeness (QED) is 0.0658. The van der Waals surface area contributed by atoms with Crippen LogP contribution < -0.4 is 40.4 Å². The van der Waals surface area contributed by atoms with Gasteiger partial charge in [-0.05, 0) is 106 Å². The van der Waals surface area contributed by atoms with Crippen LogP contribution in [0.3, 0.4) is 0 Å². The minimum absolute atomic E-state index is 0. The number of aromatic nitrogens is 4. The van der Waals surface area contributed by atoms with Gasteiger partial charge in [-0.15, -0.1) is 34.8 Å². The summed E-state index contributed by atoms with van der Waals surface area (Å²) in [6.45, 7) is 11.4. The molecule has 0 unspecified atom stereocenters. The number of imidazole rings is 1. The van der Waals surface area contributed by atoms with Crippen LogP contribution in [0, 0.1) is 18.5 Å². The summed E-state index contributed by atoms with van der Waals surface area (Å²) in [6.07, 6.45) is 5.89. The van der Waals surface area contributed by atoms with E-state index in [4.69, 9.17) is 11.1 Å². The average Bonchev–Trinajstić information content (AvgIpc) is 1.62. The number of rotatable bonds is 8. The van der Waals surface area contributed by atoms with E-state index in [2.05, 4.69) is 260 Å². The molecule has 0 aliphatic carbocycles. The predicted molar refractivity (Wildman–Crippen MR) is 354 cm³/mol. The molecular formula is C78H58N4OPtSi2-2. The zero-order valence-corrected chi connectivity index (χ0v) is 52.2. The van der Waals surface area contributed by atoms with Crippen LogP contribution >= 0.6 is 0 Å². The van der Waals surface area contributed by atoms with Crippen molar-refractivity contribution in [3.8, 4) is 73.2 Å². The van der Waals surface area contributed by atoms with Crippen LogP contribution in [0.25, 0.3) is 94.5 Å². The second kappa shape index (κ2) is 20.5. The first-order valence-electron chi connectivity index (χ1n) is 31.5. The van der Waals surface area contributed by atoms with Gasteiger partial charge in [0.25, 0.3) is 6.33 Å². The van der Waals surface area contributed by atoms with Crippen LogP contribution in [0.2, 0.25) is 13.1 Å². The molecule has 3 aromatic heterocycles. The zero-order chi connectivity index (χ0) is 61.5. The summed E-state index contributed by atoms with van der Waals surface area (Å²) in [7, 11) is -6.05. The first-order chi connectivity index (χ1) is 43.6. The van der Waals surface area contributed by atoms with E-state index < -0.39 is 34.3 Å². The molecular weight excluding hydrogens is 1260 g/mol. The first-order valence-corrected chi connectivity index (χ1v) is 34.0. The van der Waals surface area contributed by atoms with Gasteiger partial charge in [-0.25, -0.2) is 4.98 Å². The molecule has 5 heterocycles. The maximum atomic E-state index is 9.99. The van der Waals surface area contributed by atoms with E-state index in [-0.39, 0.29) is 44.1 Å². The Bertz CT molecular complexity index is 5190. The standard InChI is InChI=1S/C78H58N4OSi2.Pt/c1-78(2,3)53-44-45-79-74(46-53)82-69-37-23-22-36-64(69)65-40-38-54(47-70(65)82)83-55-39-42-72-71(48-55)80-51-81-75-67(52-24-10-6-11-25-52)49-59(85(56-26-12-7-13-27-56,57-28-14-8-15-29-57)58-30-16-9-17-31-58)50-68(75)63-35-21-19-33-61(63)60-32-18-20-34-62(60)66-41-43-73(84(72,4)5)77(80)76(66)81;/h6-46,49-50H,1-5H3;/q-2;/i6D,10D,11D,24D,25D;. The smallest absolute Gasteiger partial charge is 0.268 e. The molecule has 16 rings (SSSR count). The Labute approximate surface area is 525 Å². The molecule has 0 bridgehead atoms. The third-order valence-electron chi connectivity index (χ3n) is 17.8. The van der Waals surface area contributed by atoms with Crippen molar-refractivity contribution in [2.24, 2.45) is 0 Å². The summed E-state index contributed by atoms with van der Waals surface area (Å²) in [5.74, 6) is 1.82. The molecule has 0 fully saturated rings. The Kier molecular flexibility index (Phi) is 11.4. The number of ether oxygens (including phenoxy) is 1. The van der Waals surface area contributed by atoms with E-state index in [1.807, 2.05) is 36.5 Å². The summed E-state index contributed by atoms with van der Waals surface area (Å²) in [4.78, 5) is 4.93. The second-order valence-corrected chi connectivity index (χ2v) is 32.0. The largest absolute Gasteiger partial charge is 0.510 e. The molecule has 5 nitrogen and oxygen atoms in total. The summed E-state index contributed by atoms with van der Waals surface area (Å²) in [5, 5.41) is 8.82. The number of pyridine rings is 1. The van der Waals surface area contributed by atoms with Crippen LogP contribution in [0.5, 0.6) is 11.5 Å². The Balaban J connectivity index is 0.00000689. The van der Waals surface area contributed by atoms with Crippen molar-refractivity contribution in [1.82, 2.24) is 14.1 Å². The fourth-order valence-corrected chi connectivity index (χ4v) is 21.4. The molecule has 0 saturated carbocycles. The molecule has 0 atom stereocenters. The van der Waals surface area contributed by atoms with Crippen LogP contribution in [0.1, 0.15) is 33.2 Å². The van der Waals surface area contributed by atoms with E-state index in [0.29, 0.717) is 22.7 Å². The van der Waals surface area contributed by atoms with Gasteiger partial charge in [-0.1, -0.05) is 257 Å². The number of para-hydroxylation sites is 1. The molecule has 86 heavy (non-hydrogen) atoms. The molecule has 0 N–H and O–H groups in total. The number of nitrogens with zero attached hydrogens (tertiary/aromatic N) is 4. The monoisotopic (exact) mass is 1320 g/mol. The van der Waals surface area contributed by atoms with Gasteiger partial charge in [-0.2, -0.15) is 12.1 Å². The SMILES string of the molecule is [2H]c1c([2H])c([2H])c(-c2cc([Si](c3ccccc3)(c3ccccc3)c3ccccc3)cc3c2-[n+]2[c-]n4c5c(ccc(c52)-c2ccccc2-c2ccccc2-3)[Si](C)(C)c2ccc(Oc3[c-]c5c(cc3)c3ccccc3n5-c3cc(C(C)(C)C)ccn3)[c-]c2-4)c([2H])c1[2H].[Pt]. The van der Waals surface area contributed by atoms with Gasteiger partial charge >= 0.3 is 0 Å². The maximum absolute atomic E-state index is 9.99. The predicted octanol–water partition coefficient (Wildman–Crippen LogP) is 14.4. The van der Waals surface area contributed by atoms with E-state index in [9.17, 15) is 5.48 Å². The molecule has 0 spiro atoms. The van der Waals surface area contributed by atoms with E-state index in [1.54, 1.807) is 0 Å². The molecule has 0 amide bonds. The number of hydrogen-bond donors (Lipinski definition) is 0. The maximum Gasteiger partial charge on any atom is 0.268 e. The van der Waals surface area contributed by atoms with Crippen molar-refractivity contribution in [1.29, 1.82) is 0 Å². The Morgan fingerprint density at radius 1 is 0.535 bits per heavy atom. The molecule has 11 aromatic carbocycles. The van der Waals surface area contributed by atoms with Crippen LogP contribution in [0.4, 0.5) is 0 Å². The molecule has 0 radical (unpaired) electrons. The third-order valence-corrected chi connectivity index (χ3v) is 26.0. The van der Waals surface area contributed by atoms with E-state index in [0.717, 1.165) is 104 Å². The molecule has 2 aliphatic heterocycles. The van der Waals surface area contributed by atoms with Crippen molar-refractivity contribution < 1.29 is 37.2 Å². The molecule has 416 valence electrons. The zero-order valence-electron chi connectivity index (χ0n) is 53.0. The van der Waals surface area contributed by atoms with Crippen molar-refractivity contribution in [2.75, 3.05) is 0 Å². The summed E-state index contributed by atoms with van der Waals surface area (Å²) < 4.78 is 61.1. The van der Waals surface area contributed by atoms with Gasteiger partial charge in [0.2, 0.25) is 0 Å². The molecule has 2 aliphatic rings.